The second-order valence-corrected chi connectivity index (χ2v) is 10.3. The Labute approximate surface area is 202 Å². The van der Waals surface area contributed by atoms with Crippen LogP contribution < -0.4 is 5.32 Å². The zero-order chi connectivity index (χ0) is 22.5. The second kappa shape index (κ2) is 8.18. The lowest BCUT2D eigenvalue weighted by atomic mass is 10.0. The molecule has 6 nitrogen and oxygen atoms in total. The van der Waals surface area contributed by atoms with E-state index in [1.54, 1.807) is 30.0 Å². The van der Waals surface area contributed by atoms with Crippen molar-refractivity contribution >= 4 is 51.3 Å². The molecule has 0 fully saturated rings. The van der Waals surface area contributed by atoms with Crippen LogP contribution in [0.2, 0.25) is 0 Å². The molecule has 2 aromatic carbocycles. The molecule has 0 aliphatic carbocycles. The molecule has 1 aliphatic rings. The van der Waals surface area contributed by atoms with Crippen molar-refractivity contribution in [2.24, 2.45) is 0 Å². The molecule has 3 heterocycles. The Morgan fingerprint density at radius 1 is 1.19 bits per heavy atom. The number of nitrogens with one attached hydrogen (secondary N) is 1. The Kier molecular flexibility index (Phi) is 5.48. The average Bonchev–Trinajstić information content (AvgIpc) is 3.26. The van der Waals surface area contributed by atoms with Crippen molar-refractivity contribution in [2.75, 3.05) is 17.6 Å². The predicted molar refractivity (Wildman–Crippen MR) is 134 cm³/mol. The maximum atomic E-state index is 13.6. The van der Waals surface area contributed by atoms with Gasteiger partial charge >= 0.3 is 0 Å². The summed E-state index contributed by atoms with van der Waals surface area (Å²) in [5, 5.41) is 14.6. The molecular formula is C23H21FIN5OS. The fourth-order valence-electron chi connectivity index (χ4n) is 3.93. The molecule has 1 aliphatic heterocycles. The van der Waals surface area contributed by atoms with Gasteiger partial charge in [-0.15, -0.1) is 0 Å². The summed E-state index contributed by atoms with van der Waals surface area (Å²) in [7, 11) is 0. The minimum atomic E-state index is -0.329. The Morgan fingerprint density at radius 2 is 2.03 bits per heavy atom. The molecule has 0 unspecified atom stereocenters. The monoisotopic (exact) mass is 561 g/mol. The number of aromatic hydroxyl groups is 1. The smallest absolute Gasteiger partial charge is 0.194 e. The van der Waals surface area contributed by atoms with Crippen molar-refractivity contribution in [3.8, 4) is 16.9 Å². The van der Waals surface area contributed by atoms with Crippen molar-refractivity contribution in [3.05, 3.63) is 57.7 Å². The summed E-state index contributed by atoms with van der Waals surface area (Å²) in [6.45, 7) is 5.02. The van der Waals surface area contributed by atoms with Crippen LogP contribution in [0.4, 0.5) is 10.2 Å². The lowest BCUT2D eigenvalue weighted by Crippen LogP contribution is -2.24. The van der Waals surface area contributed by atoms with E-state index in [2.05, 4.69) is 56.3 Å². The molecule has 2 N–H and O–H groups in total. The summed E-state index contributed by atoms with van der Waals surface area (Å²) >= 11 is 3.88. The Bertz CT molecular complexity index is 1340. The van der Waals surface area contributed by atoms with Crippen molar-refractivity contribution in [3.63, 3.8) is 0 Å². The number of anilines is 1. The number of aromatic nitrogens is 4. The molecule has 0 bridgehead atoms. The Hall–Kier alpha value is -2.40. The van der Waals surface area contributed by atoms with Crippen LogP contribution in [0.5, 0.6) is 5.75 Å². The van der Waals surface area contributed by atoms with Gasteiger partial charge in [-0.05, 0) is 55.7 Å². The molecule has 164 valence electrons. The van der Waals surface area contributed by atoms with Crippen molar-refractivity contribution in [2.45, 2.75) is 31.0 Å². The Balaban J connectivity index is 1.38. The van der Waals surface area contributed by atoms with Gasteiger partial charge in [0.05, 0.1) is 5.54 Å². The van der Waals surface area contributed by atoms with Crippen LogP contribution in [0.1, 0.15) is 19.4 Å². The zero-order valence-electron chi connectivity index (χ0n) is 17.6. The molecule has 0 radical (unpaired) electrons. The molecule has 0 spiro atoms. The van der Waals surface area contributed by atoms with Gasteiger partial charge in [0.15, 0.2) is 26.0 Å². The van der Waals surface area contributed by atoms with Crippen LogP contribution >= 0.6 is 34.4 Å². The van der Waals surface area contributed by atoms with Gasteiger partial charge in [-0.3, -0.25) is 4.57 Å². The minimum absolute atomic E-state index is 0.0389. The van der Waals surface area contributed by atoms with Gasteiger partial charge in [-0.2, -0.15) is 0 Å². The Morgan fingerprint density at radius 3 is 2.84 bits per heavy atom. The van der Waals surface area contributed by atoms with E-state index in [1.165, 1.54) is 12.1 Å². The molecule has 5 rings (SSSR count). The molecular weight excluding hydrogens is 540 g/mol. The van der Waals surface area contributed by atoms with Gasteiger partial charge in [0.1, 0.15) is 11.6 Å². The first-order valence-electron chi connectivity index (χ1n) is 10.2. The summed E-state index contributed by atoms with van der Waals surface area (Å²) in [6, 6.07) is 11.7. The summed E-state index contributed by atoms with van der Waals surface area (Å²) in [5.74, 6) is 1.50. The van der Waals surface area contributed by atoms with E-state index in [1.807, 2.05) is 12.1 Å². The summed E-state index contributed by atoms with van der Waals surface area (Å²) in [6.07, 6.45) is 0.707. The lowest BCUT2D eigenvalue weighted by Gasteiger charge is -2.20. The summed E-state index contributed by atoms with van der Waals surface area (Å²) in [5.41, 5.74) is 3.89. The third-order valence-electron chi connectivity index (χ3n) is 5.51. The average molecular weight is 561 g/mol. The maximum Gasteiger partial charge on any atom is 0.194 e. The first kappa shape index (κ1) is 21.4. The van der Waals surface area contributed by atoms with Gasteiger partial charge in [-0.1, -0.05) is 30.0 Å². The molecule has 32 heavy (non-hydrogen) atoms. The number of thioether (sulfide) groups is 1. The lowest BCUT2D eigenvalue weighted by molar-refractivity contribution is 0.404. The van der Waals surface area contributed by atoms with Gasteiger partial charge in [0.25, 0.3) is 0 Å². The van der Waals surface area contributed by atoms with Crippen molar-refractivity contribution in [1.29, 1.82) is 0 Å². The first-order valence-corrected chi connectivity index (χ1v) is 12.3. The molecule has 0 atom stereocenters. The van der Waals surface area contributed by atoms with Gasteiger partial charge in [0.2, 0.25) is 0 Å². The zero-order valence-corrected chi connectivity index (χ0v) is 20.5. The van der Waals surface area contributed by atoms with Crippen molar-refractivity contribution in [1.82, 2.24) is 19.5 Å². The fraction of sp³-hybridized carbons (Fsp3) is 0.261. The number of fused-ring (bicyclic) bond motifs is 3. The van der Waals surface area contributed by atoms with Gasteiger partial charge in [-0.25, -0.2) is 19.3 Å². The highest BCUT2D eigenvalue weighted by molar-refractivity contribution is 14.1. The topological polar surface area (TPSA) is 75.9 Å². The third kappa shape index (κ3) is 3.92. The number of imidazole rings is 1. The molecule has 4 aromatic rings. The predicted octanol–water partition coefficient (Wildman–Crippen LogP) is 5.44. The number of rotatable bonds is 5. The third-order valence-corrected chi connectivity index (χ3v) is 7.38. The van der Waals surface area contributed by atoms with Crippen LogP contribution in [-0.4, -0.2) is 36.9 Å². The standard InChI is InChI=1S/C23H21FIN5OS/c1-23(2)12-32-22-27-18-19(28-21(25)29-20(18)30(22)23)26-9-8-13-6-7-17(31)16(10-13)14-4-3-5-15(24)11-14/h3-7,10-11,31H,8-9,12H2,1-2H3,(H,26,28,29). The first-order chi connectivity index (χ1) is 15.3. The normalized spacial score (nSPS) is 14.6. The van der Waals surface area contributed by atoms with E-state index in [4.69, 9.17) is 4.98 Å². The molecule has 0 saturated heterocycles. The van der Waals surface area contributed by atoms with Crippen LogP contribution in [0.3, 0.4) is 0 Å². The summed E-state index contributed by atoms with van der Waals surface area (Å²) in [4.78, 5) is 14.0. The number of phenolic OH excluding ortho intramolecular Hbond substituents is 1. The number of halogens is 2. The van der Waals surface area contributed by atoms with E-state index in [9.17, 15) is 9.50 Å². The SMILES string of the molecule is CC1(C)CSc2nc3c(NCCc4ccc(O)c(-c5cccc(F)c5)c4)nc(I)nc3n21. The molecule has 9 heteroatoms. The summed E-state index contributed by atoms with van der Waals surface area (Å²) < 4.78 is 16.5. The fourth-order valence-corrected chi connectivity index (χ4v) is 5.63. The highest BCUT2D eigenvalue weighted by Gasteiger charge is 2.34. The van der Waals surface area contributed by atoms with Crippen LogP contribution in [0.25, 0.3) is 22.3 Å². The van der Waals surface area contributed by atoms with E-state index < -0.39 is 0 Å². The number of hydrogen-bond acceptors (Lipinski definition) is 6. The van der Waals surface area contributed by atoms with Crippen LogP contribution in [0, 0.1) is 9.65 Å². The molecule has 0 amide bonds. The van der Waals surface area contributed by atoms with E-state index in [-0.39, 0.29) is 17.1 Å². The number of benzene rings is 2. The van der Waals surface area contributed by atoms with Gasteiger partial charge in [0, 0.05) is 40.5 Å². The largest absolute Gasteiger partial charge is 0.507 e. The highest BCUT2D eigenvalue weighted by atomic mass is 127. The van der Waals surface area contributed by atoms with Gasteiger partial charge < -0.3 is 10.4 Å². The maximum absolute atomic E-state index is 13.6. The highest BCUT2D eigenvalue weighted by Crippen LogP contribution is 2.40. The van der Waals surface area contributed by atoms with E-state index in [0.29, 0.717) is 27.9 Å². The molecule has 0 saturated carbocycles. The number of phenols is 1. The van der Waals surface area contributed by atoms with Crippen LogP contribution in [0.15, 0.2) is 47.6 Å². The second-order valence-electron chi connectivity index (χ2n) is 8.38. The van der Waals surface area contributed by atoms with Crippen molar-refractivity contribution < 1.29 is 9.50 Å². The quantitative estimate of drug-likeness (QED) is 0.250. The number of hydrogen-bond donors (Lipinski definition) is 2. The van der Waals surface area contributed by atoms with Crippen LogP contribution in [-0.2, 0) is 12.0 Å². The molecule has 2 aromatic heterocycles. The minimum Gasteiger partial charge on any atom is -0.507 e. The van der Waals surface area contributed by atoms with E-state index >= 15 is 0 Å². The van der Waals surface area contributed by atoms with E-state index in [0.717, 1.165) is 33.5 Å². The number of nitrogens with zero attached hydrogens (tertiary/aromatic N) is 4.